The summed E-state index contributed by atoms with van der Waals surface area (Å²) in [4.78, 5) is 30.2. The number of unbranched alkanes of at least 4 members (excludes halogenated alkanes) is 2. The molecule has 0 fully saturated rings. The van der Waals surface area contributed by atoms with Gasteiger partial charge in [0.2, 0.25) is 0 Å². The van der Waals surface area contributed by atoms with E-state index in [4.69, 9.17) is 16.7 Å². The van der Waals surface area contributed by atoms with Gasteiger partial charge in [-0.05, 0) is 19.1 Å². The largest absolute Gasteiger partial charge is 0.481 e. The second-order valence-corrected chi connectivity index (χ2v) is 5.19. The highest BCUT2D eigenvalue weighted by molar-refractivity contribution is 7.98. The smallest absolute Gasteiger partial charge is 0.303 e. The molecule has 0 atom stereocenters. The molecular weight excluding hydrogens is 302 g/mol. The molecule has 0 radical (unpaired) electrons. The van der Waals surface area contributed by atoms with Gasteiger partial charge in [-0.2, -0.15) is 0 Å². The first-order valence-electron chi connectivity index (χ1n) is 6.11. The average molecular weight is 318 g/mol. The molecule has 0 bridgehead atoms. The third kappa shape index (κ3) is 5.75. The van der Waals surface area contributed by atoms with Crippen LogP contribution in [0, 0.1) is 0 Å². The molecule has 0 unspecified atom stereocenters. The van der Waals surface area contributed by atoms with Gasteiger partial charge in [0.15, 0.2) is 10.9 Å². The van der Waals surface area contributed by atoms with Crippen LogP contribution in [-0.2, 0) is 4.79 Å². The van der Waals surface area contributed by atoms with E-state index in [1.165, 1.54) is 18.0 Å². The first kappa shape index (κ1) is 16.7. The summed E-state index contributed by atoms with van der Waals surface area (Å²) in [7, 11) is 0. The monoisotopic (exact) mass is 317 g/mol. The molecule has 0 aromatic carbocycles. The Hall–Kier alpha value is -1.34. The zero-order valence-electron chi connectivity index (χ0n) is 11.1. The molecule has 110 valence electrons. The predicted molar refractivity (Wildman–Crippen MR) is 77.3 cm³/mol. The second kappa shape index (κ2) is 8.76. The van der Waals surface area contributed by atoms with Gasteiger partial charge in [-0.15, -0.1) is 0 Å². The molecule has 8 heteroatoms. The number of hydrogen-bond donors (Lipinski definition) is 2. The number of amides is 1. The number of carbonyl (C=O) groups is 2. The number of aliphatic carboxylic acids is 1. The van der Waals surface area contributed by atoms with E-state index in [0.29, 0.717) is 18.1 Å². The summed E-state index contributed by atoms with van der Waals surface area (Å²) in [5.41, 5.74) is 0.163. The number of halogens is 1. The number of aromatic nitrogens is 2. The van der Waals surface area contributed by atoms with Crippen molar-refractivity contribution >= 4 is 35.2 Å². The molecule has 1 amide bonds. The van der Waals surface area contributed by atoms with Crippen LogP contribution in [0.2, 0.25) is 5.02 Å². The summed E-state index contributed by atoms with van der Waals surface area (Å²) < 4.78 is 0. The van der Waals surface area contributed by atoms with Gasteiger partial charge < -0.3 is 10.4 Å². The molecule has 1 aromatic heterocycles. The number of nitrogens with zero attached hydrogens (tertiary/aromatic N) is 2. The molecule has 0 saturated carbocycles. The normalized spacial score (nSPS) is 10.3. The van der Waals surface area contributed by atoms with Gasteiger partial charge in [0, 0.05) is 13.0 Å². The highest BCUT2D eigenvalue weighted by Crippen LogP contribution is 2.16. The van der Waals surface area contributed by atoms with Gasteiger partial charge in [0.1, 0.15) is 0 Å². The van der Waals surface area contributed by atoms with Crippen LogP contribution in [0.15, 0.2) is 11.4 Å². The minimum absolute atomic E-state index is 0.156. The van der Waals surface area contributed by atoms with Crippen molar-refractivity contribution in [3.8, 4) is 0 Å². The van der Waals surface area contributed by atoms with Gasteiger partial charge in [-0.25, -0.2) is 9.97 Å². The number of nitrogens with one attached hydrogen (secondary N) is 1. The highest BCUT2D eigenvalue weighted by atomic mass is 35.5. The first-order chi connectivity index (χ1) is 9.54. The van der Waals surface area contributed by atoms with Crippen molar-refractivity contribution in [1.29, 1.82) is 0 Å². The summed E-state index contributed by atoms with van der Waals surface area (Å²) in [6, 6.07) is 0. The molecule has 0 saturated heterocycles. The summed E-state index contributed by atoms with van der Waals surface area (Å²) in [5, 5.41) is 11.9. The van der Waals surface area contributed by atoms with Crippen molar-refractivity contribution in [2.24, 2.45) is 0 Å². The molecule has 0 aliphatic carbocycles. The molecule has 2 N–H and O–H groups in total. The lowest BCUT2D eigenvalue weighted by atomic mass is 10.2. The van der Waals surface area contributed by atoms with Crippen molar-refractivity contribution in [3.05, 3.63) is 16.9 Å². The maximum Gasteiger partial charge on any atom is 0.303 e. The van der Waals surface area contributed by atoms with Gasteiger partial charge in [0.05, 0.1) is 11.2 Å². The number of carboxylic acids is 1. The third-order valence-corrected chi connectivity index (χ3v) is 3.31. The minimum atomic E-state index is -0.800. The van der Waals surface area contributed by atoms with E-state index in [-0.39, 0.29) is 23.0 Å². The van der Waals surface area contributed by atoms with E-state index in [0.717, 1.165) is 12.8 Å². The maximum atomic E-state index is 11.9. The maximum absolute atomic E-state index is 11.9. The molecule has 6 nitrogen and oxygen atoms in total. The topological polar surface area (TPSA) is 92.2 Å². The van der Waals surface area contributed by atoms with Crippen LogP contribution >= 0.6 is 23.4 Å². The lowest BCUT2D eigenvalue weighted by Crippen LogP contribution is -2.26. The van der Waals surface area contributed by atoms with Gasteiger partial charge in [-0.3, -0.25) is 9.59 Å². The van der Waals surface area contributed by atoms with Crippen molar-refractivity contribution in [2.45, 2.75) is 30.8 Å². The summed E-state index contributed by atoms with van der Waals surface area (Å²) in [6.07, 6.45) is 5.45. The van der Waals surface area contributed by atoms with Crippen molar-refractivity contribution in [1.82, 2.24) is 15.3 Å². The van der Waals surface area contributed by atoms with Crippen LogP contribution in [0.1, 0.15) is 36.2 Å². The predicted octanol–water partition coefficient (Wildman–Crippen LogP) is 2.23. The standard InChI is InChI=1S/C12H16ClN3O3S/c1-20-12-15-7-8(13)10(16-12)11(19)14-6-4-2-3-5-9(17)18/h7H,2-6H2,1H3,(H,14,19)(H,17,18). The molecular formula is C12H16ClN3O3S. The highest BCUT2D eigenvalue weighted by Gasteiger charge is 2.13. The third-order valence-electron chi connectivity index (χ3n) is 2.47. The number of carboxylic acid groups (broad SMARTS) is 1. The summed E-state index contributed by atoms with van der Waals surface area (Å²) >= 11 is 7.22. The Bertz CT molecular complexity index is 485. The molecule has 1 aromatic rings. The zero-order valence-corrected chi connectivity index (χ0v) is 12.6. The van der Waals surface area contributed by atoms with Crippen LogP contribution in [-0.4, -0.2) is 39.8 Å². The molecule has 1 rings (SSSR count). The van der Waals surface area contributed by atoms with Crippen LogP contribution in [0.25, 0.3) is 0 Å². The number of thioether (sulfide) groups is 1. The van der Waals surface area contributed by atoms with E-state index in [1.807, 2.05) is 6.26 Å². The Morgan fingerprint density at radius 2 is 2.15 bits per heavy atom. The molecule has 20 heavy (non-hydrogen) atoms. The fourth-order valence-electron chi connectivity index (χ4n) is 1.47. The van der Waals surface area contributed by atoms with E-state index < -0.39 is 5.97 Å². The minimum Gasteiger partial charge on any atom is -0.481 e. The van der Waals surface area contributed by atoms with Crippen LogP contribution < -0.4 is 5.32 Å². The molecule has 0 aliphatic rings. The van der Waals surface area contributed by atoms with E-state index in [1.54, 1.807) is 0 Å². The van der Waals surface area contributed by atoms with Crippen molar-refractivity contribution < 1.29 is 14.7 Å². The summed E-state index contributed by atoms with van der Waals surface area (Å²) in [5.74, 6) is -1.14. The second-order valence-electron chi connectivity index (χ2n) is 4.01. The van der Waals surface area contributed by atoms with Gasteiger partial charge in [-0.1, -0.05) is 29.8 Å². The quantitative estimate of drug-likeness (QED) is 0.434. The lowest BCUT2D eigenvalue weighted by molar-refractivity contribution is -0.137. The Morgan fingerprint density at radius 1 is 1.40 bits per heavy atom. The Balaban J connectivity index is 2.37. The SMILES string of the molecule is CSc1ncc(Cl)c(C(=O)NCCCCCC(=O)O)n1. The van der Waals surface area contributed by atoms with Crippen molar-refractivity contribution in [3.63, 3.8) is 0 Å². The molecule has 0 spiro atoms. The molecule has 1 heterocycles. The lowest BCUT2D eigenvalue weighted by Gasteiger charge is -2.06. The molecule has 0 aliphatic heterocycles. The summed E-state index contributed by atoms with van der Waals surface area (Å²) in [6.45, 7) is 0.466. The first-order valence-corrected chi connectivity index (χ1v) is 7.71. The number of rotatable bonds is 8. The Kier molecular flexibility index (Phi) is 7.32. The average Bonchev–Trinajstić information content (AvgIpc) is 2.42. The van der Waals surface area contributed by atoms with Crippen LogP contribution in [0.4, 0.5) is 0 Å². The number of carbonyl (C=O) groups excluding carboxylic acids is 1. The van der Waals surface area contributed by atoms with Crippen molar-refractivity contribution in [2.75, 3.05) is 12.8 Å². The van der Waals surface area contributed by atoms with Crippen LogP contribution in [0.3, 0.4) is 0 Å². The fraction of sp³-hybridized carbons (Fsp3) is 0.500. The van der Waals surface area contributed by atoms with E-state index in [9.17, 15) is 9.59 Å². The Morgan fingerprint density at radius 3 is 2.80 bits per heavy atom. The van der Waals surface area contributed by atoms with E-state index in [2.05, 4.69) is 15.3 Å². The number of hydrogen-bond acceptors (Lipinski definition) is 5. The van der Waals surface area contributed by atoms with Crippen LogP contribution in [0.5, 0.6) is 0 Å². The van der Waals surface area contributed by atoms with Gasteiger partial charge in [0.25, 0.3) is 5.91 Å². The van der Waals surface area contributed by atoms with Gasteiger partial charge >= 0.3 is 5.97 Å². The fourth-order valence-corrected chi connectivity index (χ4v) is 1.99. The van der Waals surface area contributed by atoms with E-state index >= 15 is 0 Å². The Labute approximate surface area is 126 Å². The zero-order chi connectivity index (χ0) is 15.0.